The van der Waals surface area contributed by atoms with Gasteiger partial charge in [0.05, 0.1) is 4.92 Å². The van der Waals surface area contributed by atoms with Crippen LogP contribution in [0, 0.1) is 10.1 Å². The van der Waals surface area contributed by atoms with Crippen LogP contribution in [0.2, 0.25) is 0 Å². The van der Waals surface area contributed by atoms with Crippen molar-refractivity contribution < 1.29 is 4.92 Å². The molecule has 1 N–H and O–H groups in total. The molecular weight excluding hydrogens is 260 g/mol. The molecule has 5 heteroatoms. The summed E-state index contributed by atoms with van der Waals surface area (Å²) >= 11 is 1.36. The molecule has 0 aromatic carbocycles. The van der Waals surface area contributed by atoms with Gasteiger partial charge in [0.25, 0.3) is 6.20 Å². The molecule has 1 rings (SSSR count). The minimum absolute atomic E-state index is 0.427. The Balaban J connectivity index is 2.53. The molecule has 0 heterocycles. The highest BCUT2D eigenvalue weighted by atomic mass is 32.2. The molecule has 19 heavy (non-hydrogen) atoms. The number of nitrogens with one attached hydrogen (secondary N) is 1. The predicted molar refractivity (Wildman–Crippen MR) is 81.4 cm³/mol. The fourth-order valence-corrected chi connectivity index (χ4v) is 2.27. The van der Waals surface area contributed by atoms with Crippen molar-refractivity contribution >= 4 is 11.8 Å². The van der Waals surface area contributed by atoms with Gasteiger partial charge in [0, 0.05) is 6.54 Å². The first kappa shape index (κ1) is 15.6. The molecule has 0 saturated carbocycles. The maximum atomic E-state index is 10.4. The molecule has 0 radical (unpaired) electrons. The third kappa shape index (κ3) is 6.29. The van der Waals surface area contributed by atoms with Crippen molar-refractivity contribution in [2.45, 2.75) is 26.2 Å². The molecule has 104 valence electrons. The van der Waals surface area contributed by atoms with Gasteiger partial charge in [-0.1, -0.05) is 29.9 Å². The van der Waals surface area contributed by atoms with Gasteiger partial charge >= 0.3 is 0 Å². The molecule has 0 fully saturated rings. The number of thioether (sulfide) groups is 1. The van der Waals surface area contributed by atoms with E-state index in [0.29, 0.717) is 11.6 Å². The highest BCUT2D eigenvalue weighted by Gasteiger charge is 2.03. The Kier molecular flexibility index (Phi) is 7.03. The summed E-state index contributed by atoms with van der Waals surface area (Å²) in [6.07, 6.45) is 14.3. The summed E-state index contributed by atoms with van der Waals surface area (Å²) in [6.45, 7) is 2.86. The number of rotatable bonds is 6. The highest BCUT2D eigenvalue weighted by molar-refractivity contribution is 8.02. The second kappa shape index (κ2) is 8.58. The van der Waals surface area contributed by atoms with Crippen molar-refractivity contribution in [2.75, 3.05) is 12.8 Å². The standard InChI is InChI=1S/C14H20N2O2S/c1-12-7-5-3-4-6-8-13(12)9-10-15-14(19-2)11-16(17)18/h3-4,6,8,11,15H,5,7,9-10H2,1-2H3/b4-3-,8-6-,13-12-,14-11-. The molecule has 0 bridgehead atoms. The Morgan fingerprint density at radius 1 is 1.58 bits per heavy atom. The van der Waals surface area contributed by atoms with E-state index in [2.05, 4.69) is 36.5 Å². The topological polar surface area (TPSA) is 55.2 Å². The molecule has 0 atom stereocenters. The van der Waals surface area contributed by atoms with Gasteiger partial charge in [-0.2, -0.15) is 0 Å². The summed E-state index contributed by atoms with van der Waals surface area (Å²) in [5.74, 6) is 0. The zero-order valence-corrected chi connectivity index (χ0v) is 12.2. The van der Waals surface area contributed by atoms with Gasteiger partial charge in [-0.05, 0) is 38.0 Å². The van der Waals surface area contributed by atoms with Crippen molar-refractivity contribution in [3.8, 4) is 0 Å². The lowest BCUT2D eigenvalue weighted by molar-refractivity contribution is -0.403. The van der Waals surface area contributed by atoms with Crippen LogP contribution < -0.4 is 5.32 Å². The Morgan fingerprint density at radius 2 is 2.37 bits per heavy atom. The van der Waals surface area contributed by atoms with Gasteiger partial charge in [0.1, 0.15) is 5.03 Å². The predicted octanol–water partition coefficient (Wildman–Crippen LogP) is 3.63. The number of allylic oxidation sites excluding steroid dienone is 5. The Labute approximate surface area is 118 Å². The van der Waals surface area contributed by atoms with Crippen LogP contribution in [0.4, 0.5) is 0 Å². The largest absolute Gasteiger partial charge is 0.374 e. The van der Waals surface area contributed by atoms with Crippen LogP contribution in [0.15, 0.2) is 46.7 Å². The summed E-state index contributed by atoms with van der Waals surface area (Å²) in [6, 6.07) is 0. The van der Waals surface area contributed by atoms with Crippen LogP contribution >= 0.6 is 11.8 Å². The molecule has 0 aromatic heterocycles. The summed E-state index contributed by atoms with van der Waals surface area (Å²) in [7, 11) is 0. The third-order valence-corrected chi connectivity index (χ3v) is 3.60. The zero-order valence-electron chi connectivity index (χ0n) is 11.4. The first-order valence-corrected chi connectivity index (χ1v) is 7.51. The van der Waals surface area contributed by atoms with Gasteiger partial charge in [0.2, 0.25) is 0 Å². The minimum atomic E-state index is -0.427. The van der Waals surface area contributed by atoms with Crippen molar-refractivity contribution in [3.63, 3.8) is 0 Å². The number of hydrogen-bond donors (Lipinski definition) is 1. The Bertz CT molecular complexity index is 437. The minimum Gasteiger partial charge on any atom is -0.374 e. The second-order valence-electron chi connectivity index (χ2n) is 4.29. The van der Waals surface area contributed by atoms with E-state index < -0.39 is 4.92 Å². The van der Waals surface area contributed by atoms with E-state index in [0.717, 1.165) is 25.5 Å². The molecule has 0 aliphatic heterocycles. The first-order chi connectivity index (χ1) is 9.13. The molecule has 0 unspecified atom stereocenters. The molecule has 1 aliphatic carbocycles. The van der Waals surface area contributed by atoms with Gasteiger partial charge < -0.3 is 5.32 Å². The molecule has 0 amide bonds. The average Bonchev–Trinajstić information content (AvgIpc) is 2.35. The van der Waals surface area contributed by atoms with Crippen LogP contribution in [-0.4, -0.2) is 17.7 Å². The average molecular weight is 280 g/mol. The van der Waals surface area contributed by atoms with Crippen molar-refractivity contribution in [3.05, 3.63) is 56.8 Å². The van der Waals surface area contributed by atoms with Gasteiger partial charge in [-0.25, -0.2) is 0 Å². The summed E-state index contributed by atoms with van der Waals surface area (Å²) in [4.78, 5) is 9.99. The fourth-order valence-electron chi connectivity index (χ4n) is 1.83. The van der Waals surface area contributed by atoms with Gasteiger partial charge in [-0.15, -0.1) is 11.8 Å². The zero-order chi connectivity index (χ0) is 14.1. The summed E-state index contributed by atoms with van der Waals surface area (Å²) in [5.41, 5.74) is 2.71. The number of nitro groups is 1. The molecular formula is C14H20N2O2S. The molecule has 4 nitrogen and oxygen atoms in total. The molecule has 0 spiro atoms. The van der Waals surface area contributed by atoms with Crippen LogP contribution in [0.5, 0.6) is 0 Å². The van der Waals surface area contributed by atoms with Crippen molar-refractivity contribution in [1.82, 2.24) is 5.32 Å². The third-order valence-electron chi connectivity index (χ3n) is 2.91. The van der Waals surface area contributed by atoms with Gasteiger partial charge in [-0.3, -0.25) is 10.1 Å². The summed E-state index contributed by atoms with van der Waals surface area (Å²) < 4.78 is 0. The van der Waals surface area contributed by atoms with E-state index in [-0.39, 0.29) is 0 Å². The van der Waals surface area contributed by atoms with Gasteiger partial charge in [0.15, 0.2) is 0 Å². The van der Waals surface area contributed by atoms with Crippen LogP contribution in [0.1, 0.15) is 26.2 Å². The van der Waals surface area contributed by atoms with E-state index in [4.69, 9.17) is 0 Å². The van der Waals surface area contributed by atoms with E-state index in [1.807, 2.05) is 6.26 Å². The Morgan fingerprint density at radius 3 is 3.05 bits per heavy atom. The number of hydrogen-bond acceptors (Lipinski definition) is 4. The number of nitrogens with zero attached hydrogens (tertiary/aromatic N) is 1. The van der Waals surface area contributed by atoms with E-state index >= 15 is 0 Å². The lowest BCUT2D eigenvalue weighted by Gasteiger charge is -2.11. The SMILES string of the molecule is CS/C(=C\[N+](=O)[O-])NCCC1=C(/C)CC\C=C/C=C\1. The fraction of sp³-hybridized carbons (Fsp3) is 0.429. The molecule has 0 saturated heterocycles. The van der Waals surface area contributed by atoms with E-state index in [9.17, 15) is 10.1 Å². The van der Waals surface area contributed by atoms with Crippen LogP contribution in [0.3, 0.4) is 0 Å². The maximum Gasteiger partial charge on any atom is 0.263 e. The van der Waals surface area contributed by atoms with E-state index in [1.54, 1.807) is 0 Å². The molecule has 1 aliphatic rings. The normalized spacial score (nSPS) is 23.4. The quantitative estimate of drug-likeness (QED) is 0.596. The Hall–Kier alpha value is -1.49. The van der Waals surface area contributed by atoms with Crippen molar-refractivity contribution in [2.24, 2.45) is 0 Å². The van der Waals surface area contributed by atoms with Crippen LogP contribution in [0.25, 0.3) is 0 Å². The monoisotopic (exact) mass is 280 g/mol. The second-order valence-corrected chi connectivity index (χ2v) is 5.14. The summed E-state index contributed by atoms with van der Waals surface area (Å²) in [5, 5.41) is 14.1. The van der Waals surface area contributed by atoms with E-state index in [1.165, 1.54) is 22.9 Å². The lowest BCUT2D eigenvalue weighted by Crippen LogP contribution is -2.14. The molecule has 0 aromatic rings. The smallest absolute Gasteiger partial charge is 0.263 e. The van der Waals surface area contributed by atoms with Crippen LogP contribution in [-0.2, 0) is 0 Å². The lowest BCUT2D eigenvalue weighted by atomic mass is 10.00. The first-order valence-electron chi connectivity index (χ1n) is 6.28. The maximum absolute atomic E-state index is 10.4. The van der Waals surface area contributed by atoms with Crippen molar-refractivity contribution in [1.29, 1.82) is 0 Å². The highest BCUT2D eigenvalue weighted by Crippen LogP contribution is 2.18.